The molecule has 0 aromatic heterocycles. The molecule has 1 amide bonds. The van der Waals surface area contributed by atoms with E-state index in [1.807, 2.05) is 19.9 Å². The van der Waals surface area contributed by atoms with Crippen LogP contribution in [0.1, 0.15) is 44.6 Å². The summed E-state index contributed by atoms with van der Waals surface area (Å²) >= 11 is 6.15. The molecule has 1 aliphatic heterocycles. The van der Waals surface area contributed by atoms with Gasteiger partial charge in [0.25, 0.3) is 0 Å². The lowest BCUT2D eigenvalue weighted by atomic mass is 9.69. The van der Waals surface area contributed by atoms with Crippen molar-refractivity contribution in [2.45, 2.75) is 39.0 Å². The fourth-order valence-corrected chi connectivity index (χ4v) is 4.49. The first-order valence-corrected chi connectivity index (χ1v) is 9.73. The smallest absolute Gasteiger partial charge is 0.232 e. The summed E-state index contributed by atoms with van der Waals surface area (Å²) in [6.45, 7) is 4.08. The Bertz CT molecular complexity index is 994. The number of hydrogen-bond donors (Lipinski definition) is 0. The number of rotatable bonds is 2. The zero-order chi connectivity index (χ0) is 20.1. The Morgan fingerprint density at radius 3 is 2.46 bits per heavy atom. The van der Waals surface area contributed by atoms with E-state index in [1.165, 1.54) is 12.1 Å². The summed E-state index contributed by atoms with van der Waals surface area (Å²) in [5.41, 5.74) is 2.64. The number of halogens is 2. The zero-order valence-electron chi connectivity index (χ0n) is 15.8. The van der Waals surface area contributed by atoms with Crippen LogP contribution < -0.4 is 4.90 Å². The molecule has 5 heteroatoms. The first-order valence-electron chi connectivity index (χ1n) is 9.35. The molecule has 0 saturated heterocycles. The molecule has 1 heterocycles. The molecule has 144 valence electrons. The van der Waals surface area contributed by atoms with Gasteiger partial charge < -0.3 is 0 Å². The molecule has 0 radical (unpaired) electrons. The molecule has 2 aromatic rings. The predicted molar refractivity (Wildman–Crippen MR) is 108 cm³/mol. The van der Waals surface area contributed by atoms with Gasteiger partial charge in [-0.25, -0.2) is 4.39 Å². The van der Waals surface area contributed by atoms with Gasteiger partial charge in [0, 0.05) is 35.1 Å². The summed E-state index contributed by atoms with van der Waals surface area (Å²) in [6.07, 6.45) is 1.22. The lowest BCUT2D eigenvalue weighted by molar-refractivity contribution is -0.121. The van der Waals surface area contributed by atoms with Crippen LogP contribution >= 0.6 is 11.6 Å². The van der Waals surface area contributed by atoms with E-state index in [4.69, 9.17) is 11.6 Å². The first kappa shape index (κ1) is 18.9. The molecular weight excluding hydrogens is 377 g/mol. The molecule has 0 spiro atoms. The standard InChI is InChI=1S/C23H21ClFNO2/c1-23(2)12-19-22(20(27)13-23)18(14-6-8-16(25)9-7-14)11-21(28)26(19)17-5-3-4-15(24)10-17/h3-10,18H,11-13H2,1-2H3. The Labute approximate surface area is 168 Å². The van der Waals surface area contributed by atoms with Crippen molar-refractivity contribution in [2.24, 2.45) is 5.41 Å². The minimum absolute atomic E-state index is 0.0557. The highest BCUT2D eigenvalue weighted by Crippen LogP contribution is 2.48. The highest BCUT2D eigenvalue weighted by molar-refractivity contribution is 6.31. The fraction of sp³-hybridized carbons (Fsp3) is 0.304. The minimum Gasteiger partial charge on any atom is -0.294 e. The second-order valence-corrected chi connectivity index (χ2v) is 8.76. The Morgan fingerprint density at radius 2 is 1.79 bits per heavy atom. The van der Waals surface area contributed by atoms with Crippen LogP contribution in [0.25, 0.3) is 0 Å². The lowest BCUT2D eigenvalue weighted by Gasteiger charge is -2.43. The van der Waals surface area contributed by atoms with E-state index in [9.17, 15) is 14.0 Å². The molecule has 0 bridgehead atoms. The summed E-state index contributed by atoms with van der Waals surface area (Å²) in [4.78, 5) is 28.0. The van der Waals surface area contributed by atoms with Gasteiger partial charge >= 0.3 is 0 Å². The van der Waals surface area contributed by atoms with E-state index in [0.29, 0.717) is 29.1 Å². The van der Waals surface area contributed by atoms with Crippen LogP contribution in [0.15, 0.2) is 59.8 Å². The number of nitrogens with zero attached hydrogens (tertiary/aromatic N) is 1. The van der Waals surface area contributed by atoms with Gasteiger partial charge in [0.1, 0.15) is 5.82 Å². The third-order valence-electron chi connectivity index (χ3n) is 5.48. The van der Waals surface area contributed by atoms with Crippen molar-refractivity contribution in [1.82, 2.24) is 0 Å². The van der Waals surface area contributed by atoms with Crippen LogP contribution in [-0.2, 0) is 9.59 Å². The number of hydrogen-bond acceptors (Lipinski definition) is 2. The van der Waals surface area contributed by atoms with Crippen molar-refractivity contribution in [3.05, 3.63) is 76.2 Å². The lowest BCUT2D eigenvalue weighted by Crippen LogP contribution is -2.43. The monoisotopic (exact) mass is 397 g/mol. The van der Waals surface area contributed by atoms with Crippen molar-refractivity contribution < 1.29 is 14.0 Å². The van der Waals surface area contributed by atoms with Crippen LogP contribution in [0.4, 0.5) is 10.1 Å². The van der Waals surface area contributed by atoms with Crippen molar-refractivity contribution in [3.8, 4) is 0 Å². The number of carbonyl (C=O) groups excluding carboxylic acids is 2. The average Bonchev–Trinajstić information content (AvgIpc) is 2.60. The van der Waals surface area contributed by atoms with Gasteiger partial charge in [-0.15, -0.1) is 0 Å². The molecule has 0 saturated carbocycles. The van der Waals surface area contributed by atoms with E-state index in [1.54, 1.807) is 35.2 Å². The topological polar surface area (TPSA) is 37.4 Å². The molecule has 28 heavy (non-hydrogen) atoms. The number of ketones is 1. The molecule has 3 nitrogen and oxygen atoms in total. The zero-order valence-corrected chi connectivity index (χ0v) is 16.6. The van der Waals surface area contributed by atoms with Gasteiger partial charge in [0.15, 0.2) is 5.78 Å². The quantitative estimate of drug-likeness (QED) is 0.657. The number of amides is 1. The maximum Gasteiger partial charge on any atom is 0.232 e. The normalized spacial score (nSPS) is 21.7. The van der Waals surface area contributed by atoms with Crippen molar-refractivity contribution in [3.63, 3.8) is 0 Å². The fourth-order valence-electron chi connectivity index (χ4n) is 4.31. The van der Waals surface area contributed by atoms with E-state index < -0.39 is 0 Å². The van der Waals surface area contributed by atoms with Gasteiger partial charge in [-0.2, -0.15) is 0 Å². The molecule has 0 fully saturated rings. The second kappa shape index (κ2) is 6.85. The number of Topliss-reactive ketones (excluding diaryl/α,β-unsaturated/α-hetero) is 1. The van der Waals surface area contributed by atoms with E-state index in [-0.39, 0.29) is 35.3 Å². The van der Waals surface area contributed by atoms with Crippen LogP contribution in [0.2, 0.25) is 5.02 Å². The summed E-state index contributed by atoms with van der Waals surface area (Å²) in [5, 5.41) is 0.537. The highest BCUT2D eigenvalue weighted by atomic mass is 35.5. The third kappa shape index (κ3) is 3.37. The summed E-state index contributed by atoms with van der Waals surface area (Å²) < 4.78 is 13.4. The molecule has 2 aliphatic rings. The Balaban J connectivity index is 1.89. The number of anilines is 1. The molecule has 1 aliphatic carbocycles. The first-order chi connectivity index (χ1) is 13.2. The van der Waals surface area contributed by atoms with Crippen LogP contribution in [0.5, 0.6) is 0 Å². The molecule has 1 unspecified atom stereocenters. The maximum atomic E-state index is 13.4. The number of carbonyl (C=O) groups is 2. The van der Waals surface area contributed by atoms with Crippen LogP contribution in [0, 0.1) is 11.2 Å². The third-order valence-corrected chi connectivity index (χ3v) is 5.72. The SMILES string of the molecule is CC1(C)CC(=O)C2=C(C1)N(c1cccc(Cl)c1)C(=O)CC2c1ccc(F)cc1. The summed E-state index contributed by atoms with van der Waals surface area (Å²) in [5.74, 6) is -0.708. The van der Waals surface area contributed by atoms with Crippen molar-refractivity contribution in [2.75, 3.05) is 4.90 Å². The highest BCUT2D eigenvalue weighted by Gasteiger charge is 2.44. The number of allylic oxidation sites excluding steroid dienone is 2. The minimum atomic E-state index is -0.345. The van der Waals surface area contributed by atoms with Gasteiger partial charge in [0.2, 0.25) is 5.91 Å². The van der Waals surface area contributed by atoms with E-state index in [0.717, 1.165) is 11.3 Å². The molecule has 4 rings (SSSR count). The van der Waals surface area contributed by atoms with E-state index >= 15 is 0 Å². The predicted octanol–water partition coefficient (Wildman–Crippen LogP) is 5.64. The average molecular weight is 398 g/mol. The maximum absolute atomic E-state index is 13.4. The summed E-state index contributed by atoms with van der Waals surface area (Å²) in [6, 6.07) is 13.2. The van der Waals surface area contributed by atoms with Crippen molar-refractivity contribution >= 4 is 29.0 Å². The molecular formula is C23H21ClFNO2. The van der Waals surface area contributed by atoms with Crippen LogP contribution in [0.3, 0.4) is 0 Å². The second-order valence-electron chi connectivity index (χ2n) is 8.32. The molecule has 0 N–H and O–H groups in total. The van der Waals surface area contributed by atoms with Crippen LogP contribution in [-0.4, -0.2) is 11.7 Å². The van der Waals surface area contributed by atoms with Gasteiger partial charge in [-0.3, -0.25) is 14.5 Å². The largest absolute Gasteiger partial charge is 0.294 e. The Morgan fingerprint density at radius 1 is 1.07 bits per heavy atom. The van der Waals surface area contributed by atoms with Gasteiger partial charge in [-0.1, -0.05) is 43.6 Å². The van der Waals surface area contributed by atoms with Gasteiger partial charge in [-0.05, 0) is 47.7 Å². The molecule has 1 atom stereocenters. The Kier molecular flexibility index (Phi) is 4.62. The summed E-state index contributed by atoms with van der Waals surface area (Å²) in [7, 11) is 0. The van der Waals surface area contributed by atoms with Crippen molar-refractivity contribution in [1.29, 1.82) is 0 Å². The molecule has 2 aromatic carbocycles. The Hall–Kier alpha value is -2.46. The van der Waals surface area contributed by atoms with Gasteiger partial charge in [0.05, 0.1) is 5.69 Å². The number of benzene rings is 2. The van der Waals surface area contributed by atoms with E-state index in [2.05, 4.69) is 0 Å².